The lowest BCUT2D eigenvalue weighted by atomic mass is 10.1. The van der Waals surface area contributed by atoms with Gasteiger partial charge in [-0.2, -0.15) is 5.26 Å². The molecule has 0 spiro atoms. The number of nitriles is 1. The molecule has 3 rings (SSSR count). The van der Waals surface area contributed by atoms with Crippen molar-refractivity contribution in [3.63, 3.8) is 0 Å². The predicted molar refractivity (Wildman–Crippen MR) is 88.4 cm³/mol. The lowest BCUT2D eigenvalue weighted by molar-refractivity contribution is 0.531. The number of hydrogen-bond acceptors (Lipinski definition) is 2. The van der Waals surface area contributed by atoms with Gasteiger partial charge in [-0.25, -0.2) is 0 Å². The van der Waals surface area contributed by atoms with E-state index in [0.717, 1.165) is 31.6 Å². The van der Waals surface area contributed by atoms with Gasteiger partial charge in [0.15, 0.2) is 5.96 Å². The third kappa shape index (κ3) is 3.59. The van der Waals surface area contributed by atoms with Crippen molar-refractivity contribution in [2.45, 2.75) is 44.2 Å². The molecule has 116 valence electrons. The molecule has 0 aliphatic heterocycles. The van der Waals surface area contributed by atoms with Crippen molar-refractivity contribution in [2.24, 2.45) is 16.8 Å². The molecule has 22 heavy (non-hydrogen) atoms. The molecule has 0 bridgehead atoms. The number of nitrogens with one attached hydrogen (secondary N) is 2. The second-order valence-corrected chi connectivity index (χ2v) is 6.43. The molecular formula is C18H24N4. The fourth-order valence-electron chi connectivity index (χ4n) is 3.38. The van der Waals surface area contributed by atoms with Crippen molar-refractivity contribution in [2.75, 3.05) is 7.05 Å². The normalized spacial score (nSPS) is 30.6. The van der Waals surface area contributed by atoms with Crippen LogP contribution < -0.4 is 10.6 Å². The number of rotatable bonds is 4. The molecule has 4 atom stereocenters. The second-order valence-electron chi connectivity index (χ2n) is 6.43. The van der Waals surface area contributed by atoms with Crippen LogP contribution in [0.25, 0.3) is 0 Å². The minimum atomic E-state index is 0.123. The highest BCUT2D eigenvalue weighted by atomic mass is 15.2. The van der Waals surface area contributed by atoms with E-state index in [4.69, 9.17) is 0 Å². The Balaban J connectivity index is 1.47. The van der Waals surface area contributed by atoms with E-state index in [2.05, 4.69) is 52.0 Å². The quantitative estimate of drug-likeness (QED) is 0.663. The van der Waals surface area contributed by atoms with Crippen molar-refractivity contribution in [1.29, 1.82) is 5.26 Å². The Kier molecular flexibility index (Phi) is 4.62. The summed E-state index contributed by atoms with van der Waals surface area (Å²) in [5, 5.41) is 16.1. The predicted octanol–water partition coefficient (Wildman–Crippen LogP) is 2.47. The number of benzene rings is 1. The first kappa shape index (κ1) is 14.9. The van der Waals surface area contributed by atoms with Gasteiger partial charge < -0.3 is 10.6 Å². The van der Waals surface area contributed by atoms with Crippen LogP contribution in [0.2, 0.25) is 0 Å². The molecule has 2 saturated carbocycles. The summed E-state index contributed by atoms with van der Waals surface area (Å²) in [7, 11) is 1.81. The maximum Gasteiger partial charge on any atom is 0.191 e. The lowest BCUT2D eigenvalue weighted by Gasteiger charge is -2.19. The van der Waals surface area contributed by atoms with Crippen LogP contribution in [-0.2, 0) is 6.42 Å². The third-order valence-corrected chi connectivity index (χ3v) is 4.81. The topological polar surface area (TPSA) is 60.2 Å². The van der Waals surface area contributed by atoms with E-state index in [1.807, 2.05) is 0 Å². The summed E-state index contributed by atoms with van der Waals surface area (Å²) >= 11 is 0. The zero-order valence-electron chi connectivity index (χ0n) is 13.1. The van der Waals surface area contributed by atoms with Crippen LogP contribution in [0.15, 0.2) is 35.3 Å². The van der Waals surface area contributed by atoms with E-state index in [1.165, 1.54) is 12.0 Å². The molecule has 4 unspecified atom stereocenters. The van der Waals surface area contributed by atoms with Crippen LogP contribution in [0.3, 0.4) is 0 Å². The molecule has 0 amide bonds. The van der Waals surface area contributed by atoms with Crippen molar-refractivity contribution in [1.82, 2.24) is 10.6 Å². The first-order valence-corrected chi connectivity index (χ1v) is 8.23. The summed E-state index contributed by atoms with van der Waals surface area (Å²) in [6.45, 7) is 0. The molecular weight excluding hydrogens is 272 g/mol. The van der Waals surface area contributed by atoms with Crippen LogP contribution in [0.4, 0.5) is 0 Å². The Labute approximate surface area is 132 Å². The van der Waals surface area contributed by atoms with Crippen LogP contribution >= 0.6 is 0 Å². The molecule has 0 heterocycles. The Hall–Kier alpha value is -2.02. The van der Waals surface area contributed by atoms with Crippen LogP contribution in [0, 0.1) is 23.2 Å². The molecule has 4 heteroatoms. The standard InChI is InChI=1S/C18H24N4/c1-20-18(21-16-9-5-8-14(16)12-19)22-17-11-15(17)10-13-6-3-2-4-7-13/h2-4,6-7,14-17H,5,8-11H2,1H3,(H2,20,21,22). The first-order chi connectivity index (χ1) is 10.8. The minimum Gasteiger partial charge on any atom is -0.353 e. The van der Waals surface area contributed by atoms with E-state index >= 15 is 0 Å². The van der Waals surface area contributed by atoms with Crippen LogP contribution in [0.1, 0.15) is 31.2 Å². The summed E-state index contributed by atoms with van der Waals surface area (Å²) in [5.74, 6) is 1.67. The van der Waals surface area contributed by atoms with Crippen molar-refractivity contribution < 1.29 is 0 Å². The second kappa shape index (κ2) is 6.83. The summed E-state index contributed by atoms with van der Waals surface area (Å²) in [6, 6.07) is 13.8. The van der Waals surface area contributed by atoms with Gasteiger partial charge in [0, 0.05) is 19.1 Å². The molecule has 0 saturated heterocycles. The fourth-order valence-corrected chi connectivity index (χ4v) is 3.38. The molecule has 1 aromatic rings. The van der Waals surface area contributed by atoms with Gasteiger partial charge >= 0.3 is 0 Å². The molecule has 2 fully saturated rings. The average Bonchev–Trinajstić information content (AvgIpc) is 3.10. The Morgan fingerprint density at radius 1 is 1.23 bits per heavy atom. The van der Waals surface area contributed by atoms with Gasteiger partial charge in [-0.15, -0.1) is 0 Å². The number of hydrogen-bond donors (Lipinski definition) is 2. The highest BCUT2D eigenvalue weighted by Gasteiger charge is 2.38. The maximum atomic E-state index is 9.17. The smallest absolute Gasteiger partial charge is 0.191 e. The van der Waals surface area contributed by atoms with Gasteiger partial charge in [-0.1, -0.05) is 30.3 Å². The van der Waals surface area contributed by atoms with Gasteiger partial charge in [0.2, 0.25) is 0 Å². The lowest BCUT2D eigenvalue weighted by Crippen LogP contribution is -2.45. The highest BCUT2D eigenvalue weighted by Crippen LogP contribution is 2.33. The average molecular weight is 296 g/mol. The monoisotopic (exact) mass is 296 g/mol. The molecule has 4 nitrogen and oxygen atoms in total. The Morgan fingerprint density at radius 3 is 2.73 bits per heavy atom. The molecule has 2 aliphatic rings. The zero-order chi connectivity index (χ0) is 15.4. The highest BCUT2D eigenvalue weighted by molar-refractivity contribution is 5.80. The Bertz CT molecular complexity index is 560. The third-order valence-electron chi connectivity index (χ3n) is 4.81. The molecule has 2 aliphatic carbocycles. The maximum absolute atomic E-state index is 9.17. The fraction of sp³-hybridized carbons (Fsp3) is 0.556. The van der Waals surface area contributed by atoms with E-state index < -0.39 is 0 Å². The van der Waals surface area contributed by atoms with Gasteiger partial charge in [0.25, 0.3) is 0 Å². The first-order valence-electron chi connectivity index (χ1n) is 8.23. The number of aliphatic imine (C=N–C) groups is 1. The van der Waals surface area contributed by atoms with Crippen molar-refractivity contribution >= 4 is 5.96 Å². The van der Waals surface area contributed by atoms with E-state index in [1.54, 1.807) is 7.05 Å². The Morgan fingerprint density at radius 2 is 2.00 bits per heavy atom. The van der Waals surface area contributed by atoms with E-state index in [0.29, 0.717) is 12.0 Å². The SMILES string of the molecule is CN=C(NC1CCCC1C#N)NC1CC1Cc1ccccc1. The number of nitrogens with zero attached hydrogens (tertiary/aromatic N) is 2. The van der Waals surface area contributed by atoms with Gasteiger partial charge in [0.1, 0.15) is 0 Å². The number of guanidine groups is 1. The van der Waals surface area contributed by atoms with Gasteiger partial charge in [0.05, 0.1) is 12.0 Å². The molecule has 2 N–H and O–H groups in total. The summed E-state index contributed by atoms with van der Waals surface area (Å²) in [4.78, 5) is 4.33. The van der Waals surface area contributed by atoms with Crippen molar-refractivity contribution in [3.05, 3.63) is 35.9 Å². The summed E-state index contributed by atoms with van der Waals surface area (Å²) < 4.78 is 0. The zero-order valence-corrected chi connectivity index (χ0v) is 13.1. The summed E-state index contributed by atoms with van der Waals surface area (Å²) in [5.41, 5.74) is 1.40. The van der Waals surface area contributed by atoms with Gasteiger partial charge in [-0.05, 0) is 43.6 Å². The van der Waals surface area contributed by atoms with Gasteiger partial charge in [-0.3, -0.25) is 4.99 Å². The van der Waals surface area contributed by atoms with E-state index in [-0.39, 0.29) is 12.0 Å². The van der Waals surface area contributed by atoms with Crippen LogP contribution in [0.5, 0.6) is 0 Å². The molecule has 0 aromatic heterocycles. The minimum absolute atomic E-state index is 0.123. The van der Waals surface area contributed by atoms with Crippen molar-refractivity contribution in [3.8, 4) is 6.07 Å². The van der Waals surface area contributed by atoms with Crippen LogP contribution in [-0.4, -0.2) is 25.1 Å². The molecule has 1 aromatic carbocycles. The summed E-state index contributed by atoms with van der Waals surface area (Å²) in [6.07, 6.45) is 5.52. The van der Waals surface area contributed by atoms with E-state index in [9.17, 15) is 5.26 Å². The largest absolute Gasteiger partial charge is 0.353 e. The molecule has 0 radical (unpaired) electrons.